The molecule has 1 aromatic rings. The van der Waals surface area contributed by atoms with Crippen molar-refractivity contribution in [2.75, 3.05) is 20.3 Å². The normalized spacial score (nSPS) is 10.5. The molecule has 1 rings (SSSR count). The lowest BCUT2D eigenvalue weighted by atomic mass is 10.2. The molecule has 23 heavy (non-hydrogen) atoms. The Bertz CT molecular complexity index is 539. The van der Waals surface area contributed by atoms with Crippen LogP contribution >= 0.6 is 24.0 Å². The quantitative estimate of drug-likeness (QED) is 0.302. The number of aliphatic imine (C=N–C) groups is 1. The van der Waals surface area contributed by atoms with Crippen LogP contribution in [-0.4, -0.2) is 32.3 Å². The highest BCUT2D eigenvalue weighted by Gasteiger charge is 2.06. The van der Waals surface area contributed by atoms with E-state index in [-0.39, 0.29) is 30.6 Å². The van der Waals surface area contributed by atoms with Crippen LogP contribution in [0.3, 0.4) is 0 Å². The molecule has 0 heterocycles. The van der Waals surface area contributed by atoms with Gasteiger partial charge in [0.25, 0.3) is 0 Å². The molecule has 6 heteroatoms. The van der Waals surface area contributed by atoms with Gasteiger partial charge >= 0.3 is 0 Å². The molecule has 2 N–H and O–H groups in total. The maximum absolute atomic E-state index is 5.50. The van der Waals surface area contributed by atoms with Crippen LogP contribution in [0.5, 0.6) is 11.5 Å². The number of guanidine groups is 1. The molecule has 0 fully saturated rings. The molecule has 0 aliphatic carbocycles. The highest BCUT2D eigenvalue weighted by molar-refractivity contribution is 14.0. The highest BCUT2D eigenvalue weighted by Crippen LogP contribution is 2.28. The third-order valence-electron chi connectivity index (χ3n) is 2.73. The summed E-state index contributed by atoms with van der Waals surface area (Å²) < 4.78 is 10.8. The summed E-state index contributed by atoms with van der Waals surface area (Å²) in [7, 11) is 1.60. The lowest BCUT2D eigenvalue weighted by Crippen LogP contribution is -2.40. The number of hydrogen-bond donors (Lipinski definition) is 2. The second-order valence-corrected chi connectivity index (χ2v) is 4.97. The van der Waals surface area contributed by atoms with Crippen molar-refractivity contribution in [2.24, 2.45) is 4.99 Å². The summed E-state index contributed by atoms with van der Waals surface area (Å²) in [5.41, 5.74) is 1.02. The Morgan fingerprint density at radius 1 is 1.35 bits per heavy atom. The molecule has 0 aliphatic heterocycles. The third-order valence-corrected chi connectivity index (χ3v) is 2.73. The molecule has 0 atom stereocenters. The number of rotatable bonds is 7. The molecule has 0 amide bonds. The van der Waals surface area contributed by atoms with Crippen LogP contribution < -0.4 is 20.1 Å². The van der Waals surface area contributed by atoms with Crippen molar-refractivity contribution in [2.45, 2.75) is 33.4 Å². The Labute approximate surface area is 156 Å². The number of nitrogens with zero attached hydrogens (tertiary/aromatic N) is 1. The highest BCUT2D eigenvalue weighted by atomic mass is 127. The van der Waals surface area contributed by atoms with Crippen LogP contribution in [0.2, 0.25) is 0 Å². The van der Waals surface area contributed by atoms with E-state index in [1.54, 1.807) is 7.11 Å². The maximum Gasteiger partial charge on any atom is 0.191 e. The standard InChI is InChI=1S/C17H25N3O2.HI/c1-6-10-22-16-11-14(8-9-15(16)21-5)12-19-17(18-7-2)20-13(3)4;/h1,8-9,11,13H,7,10,12H2,2-5H3,(H2,18,19,20);1H. The zero-order chi connectivity index (χ0) is 16.4. The van der Waals surface area contributed by atoms with E-state index in [0.717, 1.165) is 18.1 Å². The molecule has 0 bridgehead atoms. The molecule has 0 aliphatic rings. The SMILES string of the molecule is C#CCOc1cc(CN=C(NCC)NC(C)C)ccc1OC.I. The first-order chi connectivity index (χ1) is 10.6. The summed E-state index contributed by atoms with van der Waals surface area (Å²) in [5, 5.41) is 6.49. The second-order valence-electron chi connectivity index (χ2n) is 4.97. The fourth-order valence-corrected chi connectivity index (χ4v) is 1.82. The van der Waals surface area contributed by atoms with Gasteiger partial charge < -0.3 is 20.1 Å². The van der Waals surface area contributed by atoms with E-state index in [2.05, 4.69) is 35.4 Å². The summed E-state index contributed by atoms with van der Waals surface area (Å²) in [6.07, 6.45) is 5.23. The molecule has 0 unspecified atom stereocenters. The van der Waals surface area contributed by atoms with Crippen molar-refractivity contribution in [1.82, 2.24) is 10.6 Å². The predicted octanol–water partition coefficient (Wildman–Crippen LogP) is 2.79. The first-order valence-electron chi connectivity index (χ1n) is 7.38. The van der Waals surface area contributed by atoms with Gasteiger partial charge in [-0.1, -0.05) is 12.0 Å². The van der Waals surface area contributed by atoms with Gasteiger partial charge in [-0.15, -0.1) is 30.4 Å². The minimum atomic E-state index is 0. The lowest BCUT2D eigenvalue weighted by molar-refractivity contribution is 0.330. The molecule has 5 nitrogen and oxygen atoms in total. The minimum Gasteiger partial charge on any atom is -0.493 e. The Kier molecular flexibility index (Phi) is 11.0. The number of nitrogens with one attached hydrogen (secondary N) is 2. The van der Waals surface area contributed by atoms with Crippen LogP contribution in [0.4, 0.5) is 0 Å². The van der Waals surface area contributed by atoms with E-state index in [1.807, 2.05) is 25.1 Å². The first kappa shape index (κ1) is 21.4. The number of halogens is 1. The summed E-state index contributed by atoms with van der Waals surface area (Å²) >= 11 is 0. The molecule has 0 aromatic heterocycles. The van der Waals surface area contributed by atoms with Gasteiger partial charge in [-0.25, -0.2) is 4.99 Å². The average Bonchev–Trinajstić information content (AvgIpc) is 2.50. The Morgan fingerprint density at radius 3 is 2.65 bits per heavy atom. The summed E-state index contributed by atoms with van der Waals surface area (Å²) in [5.74, 6) is 4.54. The fourth-order valence-electron chi connectivity index (χ4n) is 1.82. The van der Waals surface area contributed by atoms with Crippen LogP contribution in [0.1, 0.15) is 26.3 Å². The van der Waals surface area contributed by atoms with Gasteiger partial charge in [0.15, 0.2) is 17.5 Å². The lowest BCUT2D eigenvalue weighted by Gasteiger charge is -2.14. The van der Waals surface area contributed by atoms with Crippen molar-refractivity contribution in [3.63, 3.8) is 0 Å². The van der Waals surface area contributed by atoms with Gasteiger partial charge in [0, 0.05) is 12.6 Å². The minimum absolute atomic E-state index is 0. The van der Waals surface area contributed by atoms with Crippen molar-refractivity contribution in [3.05, 3.63) is 23.8 Å². The van der Waals surface area contributed by atoms with Crippen molar-refractivity contribution in [1.29, 1.82) is 0 Å². The van der Waals surface area contributed by atoms with E-state index in [1.165, 1.54) is 0 Å². The topological polar surface area (TPSA) is 54.9 Å². The molecule has 0 saturated carbocycles. The number of hydrogen-bond acceptors (Lipinski definition) is 3. The van der Waals surface area contributed by atoms with Crippen LogP contribution in [0, 0.1) is 12.3 Å². The van der Waals surface area contributed by atoms with Crippen molar-refractivity contribution >= 4 is 29.9 Å². The third kappa shape index (κ3) is 7.98. The molecule has 128 valence electrons. The van der Waals surface area contributed by atoms with Crippen LogP contribution in [-0.2, 0) is 6.54 Å². The molecule has 0 saturated heterocycles. The predicted molar refractivity (Wildman–Crippen MR) is 106 cm³/mol. The van der Waals surface area contributed by atoms with E-state index < -0.39 is 0 Å². The smallest absolute Gasteiger partial charge is 0.191 e. The van der Waals surface area contributed by atoms with E-state index in [0.29, 0.717) is 24.1 Å². The Balaban J connectivity index is 0.00000484. The van der Waals surface area contributed by atoms with E-state index in [9.17, 15) is 0 Å². The largest absolute Gasteiger partial charge is 0.493 e. The van der Waals surface area contributed by atoms with Gasteiger partial charge in [0.2, 0.25) is 0 Å². The van der Waals surface area contributed by atoms with E-state index in [4.69, 9.17) is 15.9 Å². The second kappa shape index (κ2) is 11.9. The fraction of sp³-hybridized carbons (Fsp3) is 0.471. The van der Waals surface area contributed by atoms with Crippen LogP contribution in [0.15, 0.2) is 23.2 Å². The number of benzene rings is 1. The van der Waals surface area contributed by atoms with Gasteiger partial charge in [-0.2, -0.15) is 0 Å². The average molecular weight is 431 g/mol. The summed E-state index contributed by atoms with van der Waals surface area (Å²) in [4.78, 5) is 4.56. The van der Waals surface area contributed by atoms with Gasteiger partial charge in [0.05, 0.1) is 13.7 Å². The zero-order valence-electron chi connectivity index (χ0n) is 14.2. The molecule has 0 spiro atoms. The molecule has 1 aromatic carbocycles. The summed E-state index contributed by atoms with van der Waals surface area (Å²) in [6.45, 7) is 7.76. The molecule has 0 radical (unpaired) electrons. The Morgan fingerprint density at radius 2 is 2.09 bits per heavy atom. The molecular formula is C17H26IN3O2. The number of methoxy groups -OCH3 is 1. The maximum atomic E-state index is 5.50. The van der Waals surface area contributed by atoms with Gasteiger partial charge in [0.1, 0.15) is 6.61 Å². The summed E-state index contributed by atoms with van der Waals surface area (Å²) in [6, 6.07) is 6.05. The van der Waals surface area contributed by atoms with Crippen molar-refractivity contribution in [3.8, 4) is 23.8 Å². The zero-order valence-corrected chi connectivity index (χ0v) is 16.5. The van der Waals surface area contributed by atoms with Gasteiger partial charge in [-0.05, 0) is 38.5 Å². The number of terminal acetylenes is 1. The van der Waals surface area contributed by atoms with Crippen LogP contribution in [0.25, 0.3) is 0 Å². The molecular weight excluding hydrogens is 405 g/mol. The Hall–Kier alpha value is -1.62. The first-order valence-corrected chi connectivity index (χ1v) is 7.38. The van der Waals surface area contributed by atoms with Gasteiger partial charge in [-0.3, -0.25) is 0 Å². The van der Waals surface area contributed by atoms with E-state index >= 15 is 0 Å². The van der Waals surface area contributed by atoms with Crippen molar-refractivity contribution < 1.29 is 9.47 Å². The monoisotopic (exact) mass is 431 g/mol. The number of ether oxygens (including phenoxy) is 2.